The van der Waals surface area contributed by atoms with Crippen molar-refractivity contribution >= 4 is 22.5 Å². The summed E-state index contributed by atoms with van der Waals surface area (Å²) in [5, 5.41) is 1.63. The number of ketones is 1. The minimum absolute atomic E-state index is 0.0427. The van der Waals surface area contributed by atoms with Crippen molar-refractivity contribution in [2.24, 2.45) is 0 Å². The highest BCUT2D eigenvalue weighted by molar-refractivity contribution is 6.20. The molecule has 0 aliphatic heterocycles. The summed E-state index contributed by atoms with van der Waals surface area (Å²) in [7, 11) is 0. The van der Waals surface area contributed by atoms with E-state index < -0.39 is 0 Å². The van der Waals surface area contributed by atoms with Crippen LogP contribution in [0.1, 0.15) is 54.0 Å². The molecule has 0 N–H and O–H groups in total. The molecular weight excluding hydrogens is 334 g/mol. The van der Waals surface area contributed by atoms with Gasteiger partial charge in [0.2, 0.25) is 0 Å². The van der Waals surface area contributed by atoms with Gasteiger partial charge in [-0.3, -0.25) is 9.59 Å². The van der Waals surface area contributed by atoms with Gasteiger partial charge >= 0.3 is 0 Å². The third kappa shape index (κ3) is 3.63. The first-order chi connectivity index (χ1) is 12.9. The maximum atomic E-state index is 13.4. The highest BCUT2D eigenvalue weighted by Crippen LogP contribution is 2.27. The van der Waals surface area contributed by atoms with E-state index in [1.807, 2.05) is 87.2 Å². The Hall–Kier alpha value is -2.94. The molecular formula is C24H25NO2. The van der Waals surface area contributed by atoms with Crippen LogP contribution in [-0.4, -0.2) is 28.7 Å². The molecule has 0 aliphatic carbocycles. The average Bonchev–Trinajstić information content (AvgIpc) is 2.66. The Morgan fingerprint density at radius 1 is 0.704 bits per heavy atom. The lowest BCUT2D eigenvalue weighted by atomic mass is 9.93. The van der Waals surface area contributed by atoms with Crippen LogP contribution < -0.4 is 0 Å². The van der Waals surface area contributed by atoms with Gasteiger partial charge in [0, 0.05) is 34.2 Å². The molecule has 3 rings (SSSR count). The van der Waals surface area contributed by atoms with Crippen LogP contribution >= 0.6 is 0 Å². The van der Waals surface area contributed by atoms with E-state index in [4.69, 9.17) is 0 Å². The summed E-state index contributed by atoms with van der Waals surface area (Å²) in [6, 6.07) is 20.6. The average molecular weight is 359 g/mol. The first-order valence-electron chi connectivity index (χ1n) is 9.36. The van der Waals surface area contributed by atoms with E-state index in [1.165, 1.54) is 0 Å². The lowest BCUT2D eigenvalue weighted by Gasteiger charge is -2.31. The molecule has 0 spiro atoms. The molecule has 0 aromatic heterocycles. The lowest BCUT2D eigenvalue weighted by Crippen LogP contribution is -2.42. The van der Waals surface area contributed by atoms with Crippen LogP contribution in [0.15, 0.2) is 66.7 Å². The predicted octanol–water partition coefficient (Wildman–Crippen LogP) is 5.33. The van der Waals surface area contributed by atoms with Gasteiger partial charge in [0.15, 0.2) is 5.78 Å². The quantitative estimate of drug-likeness (QED) is 0.577. The van der Waals surface area contributed by atoms with Crippen molar-refractivity contribution in [3.8, 4) is 0 Å². The highest BCUT2D eigenvalue weighted by atomic mass is 16.2. The largest absolute Gasteiger partial charge is 0.334 e. The molecule has 3 nitrogen and oxygen atoms in total. The third-order valence-corrected chi connectivity index (χ3v) is 4.76. The van der Waals surface area contributed by atoms with Crippen molar-refractivity contribution in [3.05, 3.63) is 83.4 Å². The molecule has 0 atom stereocenters. The standard InChI is InChI=1S/C24H25NO2/c1-16(2)25(17(3)4)24(27)21-15-9-13-18-12-8-14-20(22(18)21)23(26)19-10-6-5-7-11-19/h5-17H,1-4H3. The minimum Gasteiger partial charge on any atom is -0.334 e. The van der Waals surface area contributed by atoms with Crippen LogP contribution in [0, 0.1) is 0 Å². The zero-order valence-electron chi connectivity index (χ0n) is 16.3. The topological polar surface area (TPSA) is 37.4 Å². The maximum absolute atomic E-state index is 13.4. The monoisotopic (exact) mass is 359 g/mol. The van der Waals surface area contributed by atoms with Crippen molar-refractivity contribution in [1.29, 1.82) is 0 Å². The third-order valence-electron chi connectivity index (χ3n) is 4.76. The molecule has 0 bridgehead atoms. The van der Waals surface area contributed by atoms with Crippen molar-refractivity contribution in [3.63, 3.8) is 0 Å². The Bertz CT molecular complexity index is 961. The molecule has 3 heteroatoms. The fourth-order valence-corrected chi connectivity index (χ4v) is 3.66. The van der Waals surface area contributed by atoms with Gasteiger partial charge < -0.3 is 4.90 Å². The zero-order valence-corrected chi connectivity index (χ0v) is 16.3. The SMILES string of the molecule is CC(C)N(C(=O)c1cccc2cccc(C(=O)c3ccccc3)c12)C(C)C. The number of hydrogen-bond acceptors (Lipinski definition) is 2. The normalized spacial score (nSPS) is 11.2. The van der Waals surface area contributed by atoms with E-state index in [0.717, 1.165) is 10.8 Å². The number of benzene rings is 3. The Kier molecular flexibility index (Phi) is 5.41. The smallest absolute Gasteiger partial charge is 0.254 e. The molecule has 0 fully saturated rings. The van der Waals surface area contributed by atoms with Crippen LogP contribution in [0.4, 0.5) is 0 Å². The fourth-order valence-electron chi connectivity index (χ4n) is 3.66. The molecule has 0 saturated heterocycles. The van der Waals surface area contributed by atoms with Gasteiger partial charge in [-0.2, -0.15) is 0 Å². The number of rotatable bonds is 5. The fraction of sp³-hybridized carbons (Fsp3) is 0.250. The van der Waals surface area contributed by atoms with Crippen LogP contribution in [0.25, 0.3) is 10.8 Å². The van der Waals surface area contributed by atoms with E-state index in [-0.39, 0.29) is 23.8 Å². The first kappa shape index (κ1) is 18.8. The summed E-state index contributed by atoms with van der Waals surface area (Å²) in [6.45, 7) is 8.05. The van der Waals surface area contributed by atoms with Gasteiger partial charge in [-0.25, -0.2) is 0 Å². The summed E-state index contributed by atoms with van der Waals surface area (Å²) >= 11 is 0. The number of hydrogen-bond donors (Lipinski definition) is 0. The van der Waals surface area contributed by atoms with E-state index in [0.29, 0.717) is 16.7 Å². The Morgan fingerprint density at radius 3 is 1.81 bits per heavy atom. The first-order valence-corrected chi connectivity index (χ1v) is 9.36. The van der Waals surface area contributed by atoms with E-state index in [2.05, 4.69) is 0 Å². The predicted molar refractivity (Wildman–Crippen MR) is 110 cm³/mol. The molecule has 27 heavy (non-hydrogen) atoms. The molecule has 0 aliphatic rings. The van der Waals surface area contributed by atoms with Crippen molar-refractivity contribution < 1.29 is 9.59 Å². The molecule has 0 unspecified atom stereocenters. The van der Waals surface area contributed by atoms with Crippen molar-refractivity contribution in [2.45, 2.75) is 39.8 Å². The molecule has 138 valence electrons. The van der Waals surface area contributed by atoms with Crippen molar-refractivity contribution in [2.75, 3.05) is 0 Å². The van der Waals surface area contributed by atoms with Crippen LogP contribution in [0.5, 0.6) is 0 Å². The summed E-state index contributed by atoms with van der Waals surface area (Å²) in [5.74, 6) is -0.110. The second kappa shape index (κ2) is 7.75. The lowest BCUT2D eigenvalue weighted by molar-refractivity contribution is 0.0646. The number of amides is 1. The van der Waals surface area contributed by atoms with Crippen LogP contribution in [0.2, 0.25) is 0 Å². The van der Waals surface area contributed by atoms with Crippen LogP contribution in [0.3, 0.4) is 0 Å². The molecule has 0 heterocycles. The molecule has 0 saturated carbocycles. The summed E-state index contributed by atoms with van der Waals surface area (Å²) in [6.07, 6.45) is 0. The number of fused-ring (bicyclic) bond motifs is 1. The molecule has 3 aromatic rings. The Labute approximate surface area is 160 Å². The van der Waals surface area contributed by atoms with Gasteiger partial charge in [0.05, 0.1) is 0 Å². The Balaban J connectivity index is 2.21. The maximum Gasteiger partial charge on any atom is 0.254 e. The Morgan fingerprint density at radius 2 is 1.26 bits per heavy atom. The van der Waals surface area contributed by atoms with Gasteiger partial charge in [0.25, 0.3) is 5.91 Å². The van der Waals surface area contributed by atoms with E-state index in [9.17, 15) is 9.59 Å². The van der Waals surface area contributed by atoms with Gasteiger partial charge in [-0.15, -0.1) is 0 Å². The molecule has 1 amide bonds. The summed E-state index contributed by atoms with van der Waals surface area (Å²) in [5.41, 5.74) is 1.77. The van der Waals surface area contributed by atoms with E-state index >= 15 is 0 Å². The summed E-state index contributed by atoms with van der Waals surface area (Å²) < 4.78 is 0. The van der Waals surface area contributed by atoms with Gasteiger partial charge in [-0.1, -0.05) is 60.7 Å². The molecule has 3 aromatic carbocycles. The van der Waals surface area contributed by atoms with Gasteiger partial charge in [-0.05, 0) is 39.1 Å². The van der Waals surface area contributed by atoms with Gasteiger partial charge in [0.1, 0.15) is 0 Å². The number of nitrogens with zero attached hydrogens (tertiary/aromatic N) is 1. The molecule has 0 radical (unpaired) electrons. The second-order valence-electron chi connectivity index (χ2n) is 7.30. The van der Waals surface area contributed by atoms with Crippen molar-refractivity contribution in [1.82, 2.24) is 4.90 Å². The number of carbonyl (C=O) groups excluding carboxylic acids is 2. The number of carbonyl (C=O) groups is 2. The zero-order chi connectivity index (χ0) is 19.6. The highest BCUT2D eigenvalue weighted by Gasteiger charge is 2.25. The summed E-state index contributed by atoms with van der Waals surface area (Å²) in [4.78, 5) is 28.4. The second-order valence-corrected chi connectivity index (χ2v) is 7.30. The van der Waals surface area contributed by atoms with Crippen LogP contribution in [-0.2, 0) is 0 Å². The minimum atomic E-state index is -0.0675. The van der Waals surface area contributed by atoms with E-state index in [1.54, 1.807) is 12.1 Å².